The van der Waals surface area contributed by atoms with Crippen LogP contribution in [0.4, 0.5) is 11.4 Å². The first-order valence-electron chi connectivity index (χ1n) is 5.57. The van der Waals surface area contributed by atoms with Crippen molar-refractivity contribution in [3.8, 4) is 0 Å². The first-order valence-corrected chi connectivity index (χ1v) is 5.57. The van der Waals surface area contributed by atoms with E-state index in [9.17, 15) is 10.1 Å². The van der Waals surface area contributed by atoms with Gasteiger partial charge in [-0.1, -0.05) is 12.2 Å². The molecule has 0 amide bonds. The van der Waals surface area contributed by atoms with Gasteiger partial charge in [0, 0.05) is 12.1 Å². The van der Waals surface area contributed by atoms with Gasteiger partial charge < -0.3 is 5.32 Å². The van der Waals surface area contributed by atoms with Gasteiger partial charge in [-0.05, 0) is 29.2 Å². The van der Waals surface area contributed by atoms with Crippen LogP contribution in [0.1, 0.15) is 12.8 Å². The van der Waals surface area contributed by atoms with Gasteiger partial charge >= 0.3 is 5.69 Å². The Bertz CT molecular complexity index is 626. The van der Waals surface area contributed by atoms with Crippen LogP contribution in [0.5, 0.6) is 0 Å². The van der Waals surface area contributed by atoms with Crippen LogP contribution in [-0.2, 0) is 0 Å². The van der Waals surface area contributed by atoms with Gasteiger partial charge in [-0.15, -0.1) is 0 Å². The van der Waals surface area contributed by atoms with Gasteiger partial charge in [-0.2, -0.15) is 0 Å². The number of nitro benzene ring substituents is 1. The van der Waals surface area contributed by atoms with E-state index in [1.165, 1.54) is 6.07 Å². The average molecular weight is 246 g/mol. The molecule has 1 aromatic carbocycles. The zero-order chi connectivity index (χ0) is 12.5. The lowest BCUT2D eigenvalue weighted by molar-refractivity contribution is -0.383. The SMILES string of the molecule is O=[N+]([O-])c1ccc(NC2CC=CC2)c2nonc12. The molecule has 0 unspecified atom stereocenters. The quantitative estimate of drug-likeness (QED) is 0.507. The first kappa shape index (κ1) is 10.7. The molecule has 92 valence electrons. The monoisotopic (exact) mass is 246 g/mol. The molecule has 0 saturated heterocycles. The second kappa shape index (κ2) is 4.10. The number of nitrogens with one attached hydrogen (secondary N) is 1. The minimum absolute atomic E-state index is 0.0960. The summed E-state index contributed by atoms with van der Waals surface area (Å²) in [6, 6.07) is 3.35. The molecule has 3 rings (SSSR count). The number of fused-ring (bicyclic) bond motifs is 1. The molecule has 1 N–H and O–H groups in total. The van der Waals surface area contributed by atoms with E-state index in [1.54, 1.807) is 6.07 Å². The summed E-state index contributed by atoms with van der Waals surface area (Å²) in [7, 11) is 0. The predicted molar refractivity (Wildman–Crippen MR) is 64.2 cm³/mol. The van der Waals surface area contributed by atoms with E-state index in [0.29, 0.717) is 17.2 Å². The Hall–Kier alpha value is -2.44. The smallest absolute Gasteiger partial charge is 0.300 e. The zero-order valence-corrected chi connectivity index (χ0v) is 9.37. The summed E-state index contributed by atoms with van der Waals surface area (Å²) in [6.07, 6.45) is 6.07. The number of hydrogen-bond acceptors (Lipinski definition) is 6. The molecular weight excluding hydrogens is 236 g/mol. The van der Waals surface area contributed by atoms with Gasteiger partial charge in [0.15, 0.2) is 5.52 Å². The number of anilines is 1. The summed E-state index contributed by atoms with van der Waals surface area (Å²) in [5.74, 6) is 0. The first-order chi connectivity index (χ1) is 8.75. The molecule has 0 fully saturated rings. The topological polar surface area (TPSA) is 94.1 Å². The third-order valence-corrected chi connectivity index (χ3v) is 2.96. The highest BCUT2D eigenvalue weighted by atomic mass is 16.6. The van der Waals surface area contributed by atoms with Crippen molar-refractivity contribution in [2.75, 3.05) is 5.32 Å². The minimum atomic E-state index is -0.493. The Labute approximate surface area is 102 Å². The zero-order valence-electron chi connectivity index (χ0n) is 9.37. The van der Waals surface area contributed by atoms with Crippen molar-refractivity contribution in [2.45, 2.75) is 18.9 Å². The van der Waals surface area contributed by atoms with E-state index in [1.807, 2.05) is 0 Å². The van der Waals surface area contributed by atoms with Crippen molar-refractivity contribution in [3.05, 3.63) is 34.4 Å². The van der Waals surface area contributed by atoms with Crippen LogP contribution < -0.4 is 5.32 Å². The van der Waals surface area contributed by atoms with Crippen molar-refractivity contribution < 1.29 is 9.55 Å². The molecule has 1 aromatic heterocycles. The molecule has 1 heterocycles. The summed E-state index contributed by atoms with van der Waals surface area (Å²) >= 11 is 0. The Kier molecular flexibility index (Phi) is 2.44. The maximum absolute atomic E-state index is 10.8. The number of rotatable bonds is 3. The van der Waals surface area contributed by atoms with Crippen molar-refractivity contribution in [1.82, 2.24) is 10.3 Å². The molecule has 0 saturated carbocycles. The number of aromatic nitrogens is 2. The van der Waals surface area contributed by atoms with Crippen LogP contribution in [0.2, 0.25) is 0 Å². The fourth-order valence-electron chi connectivity index (χ4n) is 2.07. The highest BCUT2D eigenvalue weighted by Gasteiger charge is 2.21. The van der Waals surface area contributed by atoms with Crippen LogP contribution in [0.15, 0.2) is 28.9 Å². The normalized spacial score (nSPS) is 15.3. The molecule has 1 aliphatic carbocycles. The number of benzene rings is 1. The fraction of sp³-hybridized carbons (Fsp3) is 0.273. The van der Waals surface area contributed by atoms with Crippen molar-refractivity contribution >= 4 is 22.4 Å². The number of nitrogens with zero attached hydrogens (tertiary/aromatic N) is 3. The number of hydrogen-bond donors (Lipinski definition) is 1. The highest BCUT2D eigenvalue weighted by molar-refractivity contribution is 5.93. The van der Waals surface area contributed by atoms with Crippen LogP contribution in [-0.4, -0.2) is 21.3 Å². The van der Waals surface area contributed by atoms with Gasteiger partial charge in [-0.3, -0.25) is 10.1 Å². The molecule has 0 atom stereocenters. The Morgan fingerprint density at radius 2 is 2.00 bits per heavy atom. The molecule has 0 bridgehead atoms. The molecule has 0 aliphatic heterocycles. The van der Waals surface area contributed by atoms with Crippen molar-refractivity contribution in [1.29, 1.82) is 0 Å². The Morgan fingerprint density at radius 3 is 2.72 bits per heavy atom. The Morgan fingerprint density at radius 1 is 1.28 bits per heavy atom. The summed E-state index contributed by atoms with van der Waals surface area (Å²) in [5.41, 5.74) is 1.19. The molecule has 0 radical (unpaired) electrons. The third-order valence-electron chi connectivity index (χ3n) is 2.96. The lowest BCUT2D eigenvalue weighted by atomic mass is 10.2. The summed E-state index contributed by atoms with van der Waals surface area (Å²) < 4.78 is 4.60. The van der Waals surface area contributed by atoms with Crippen LogP contribution in [0.25, 0.3) is 11.0 Å². The number of nitro groups is 1. The molecule has 2 aromatic rings. The average Bonchev–Trinajstić information content (AvgIpc) is 2.98. The molecule has 0 spiro atoms. The van der Waals surface area contributed by atoms with Crippen molar-refractivity contribution in [3.63, 3.8) is 0 Å². The summed E-state index contributed by atoms with van der Waals surface area (Å²) in [5, 5.41) is 21.4. The van der Waals surface area contributed by atoms with E-state index in [2.05, 4.69) is 32.4 Å². The predicted octanol–water partition coefficient (Wildman–Crippen LogP) is 2.26. The van der Waals surface area contributed by atoms with E-state index >= 15 is 0 Å². The lowest BCUT2D eigenvalue weighted by Gasteiger charge is -2.13. The molecule has 18 heavy (non-hydrogen) atoms. The molecule has 7 nitrogen and oxygen atoms in total. The van der Waals surface area contributed by atoms with Crippen LogP contribution in [0.3, 0.4) is 0 Å². The largest absolute Gasteiger partial charge is 0.380 e. The second-order valence-electron chi connectivity index (χ2n) is 4.13. The van der Waals surface area contributed by atoms with Gasteiger partial charge in [0.2, 0.25) is 5.52 Å². The third kappa shape index (κ3) is 1.69. The second-order valence-corrected chi connectivity index (χ2v) is 4.13. The van der Waals surface area contributed by atoms with Crippen LogP contribution >= 0.6 is 0 Å². The van der Waals surface area contributed by atoms with Gasteiger partial charge in [0.25, 0.3) is 0 Å². The van der Waals surface area contributed by atoms with Crippen molar-refractivity contribution in [2.24, 2.45) is 0 Å². The van der Waals surface area contributed by atoms with Gasteiger partial charge in [-0.25, -0.2) is 4.63 Å². The fourth-order valence-corrected chi connectivity index (χ4v) is 2.07. The van der Waals surface area contributed by atoms with Gasteiger partial charge in [0.05, 0.1) is 10.6 Å². The molecule has 1 aliphatic rings. The number of non-ortho nitro benzene ring substituents is 1. The van der Waals surface area contributed by atoms with E-state index in [0.717, 1.165) is 12.8 Å². The summed E-state index contributed by atoms with van der Waals surface area (Å²) in [4.78, 5) is 10.3. The minimum Gasteiger partial charge on any atom is -0.380 e. The van der Waals surface area contributed by atoms with E-state index in [4.69, 9.17) is 0 Å². The maximum Gasteiger partial charge on any atom is 0.300 e. The molecule has 7 heteroatoms. The van der Waals surface area contributed by atoms with Crippen LogP contribution in [0, 0.1) is 10.1 Å². The maximum atomic E-state index is 10.8. The standard InChI is InChI=1S/C11H10N4O3/c16-15(17)9-6-5-8(10-11(9)14-18-13-10)12-7-3-1-2-4-7/h1-2,5-7,12H,3-4H2. The summed E-state index contributed by atoms with van der Waals surface area (Å²) in [6.45, 7) is 0. The molecular formula is C11H10N4O3. The lowest BCUT2D eigenvalue weighted by Crippen LogP contribution is -2.15. The van der Waals surface area contributed by atoms with E-state index < -0.39 is 4.92 Å². The van der Waals surface area contributed by atoms with Gasteiger partial charge in [0.1, 0.15) is 0 Å². The highest BCUT2D eigenvalue weighted by Crippen LogP contribution is 2.30. The van der Waals surface area contributed by atoms with E-state index in [-0.39, 0.29) is 11.2 Å². The Balaban J connectivity index is 2.00.